The van der Waals surface area contributed by atoms with Crippen molar-refractivity contribution in [2.75, 3.05) is 25.0 Å². The van der Waals surface area contributed by atoms with Crippen LogP contribution in [-0.4, -0.2) is 59.3 Å². The molecule has 10 nitrogen and oxygen atoms in total. The summed E-state index contributed by atoms with van der Waals surface area (Å²) in [7, 11) is -3.66. The van der Waals surface area contributed by atoms with Crippen LogP contribution in [0.2, 0.25) is 0 Å². The van der Waals surface area contributed by atoms with Crippen molar-refractivity contribution in [1.29, 1.82) is 0 Å². The highest BCUT2D eigenvalue weighted by Gasteiger charge is 2.28. The molecule has 1 aliphatic rings. The Morgan fingerprint density at radius 2 is 1.71 bits per heavy atom. The Balaban J connectivity index is 1.40. The highest BCUT2D eigenvalue weighted by atomic mass is 32.2. The maximum absolute atomic E-state index is 13.1. The predicted octanol–water partition coefficient (Wildman–Crippen LogP) is 2.85. The molecule has 2 heterocycles. The number of hydrogen-bond donors (Lipinski definition) is 1. The van der Waals surface area contributed by atoms with Crippen molar-refractivity contribution in [3.8, 4) is 5.69 Å². The van der Waals surface area contributed by atoms with Gasteiger partial charge in [-0.05, 0) is 56.5 Å². The molecule has 35 heavy (non-hydrogen) atoms. The lowest BCUT2D eigenvalue weighted by Gasteiger charge is -2.26. The number of aryl methyl sites for hydroxylation is 2. The zero-order chi connectivity index (χ0) is 25.0. The van der Waals surface area contributed by atoms with Gasteiger partial charge in [0, 0.05) is 18.8 Å². The van der Waals surface area contributed by atoms with Crippen LogP contribution < -0.4 is 5.32 Å². The van der Waals surface area contributed by atoms with E-state index in [2.05, 4.69) is 15.5 Å². The predicted molar refractivity (Wildman–Crippen MR) is 129 cm³/mol. The number of anilines is 1. The Bertz CT molecular complexity index is 1330. The Hall–Kier alpha value is -3.57. The molecule has 0 spiro atoms. The van der Waals surface area contributed by atoms with Crippen LogP contribution in [0.3, 0.4) is 0 Å². The number of ether oxygens (including phenoxy) is 1. The summed E-state index contributed by atoms with van der Waals surface area (Å²) < 4.78 is 32.8. The zero-order valence-corrected chi connectivity index (χ0v) is 20.4. The minimum atomic E-state index is -3.66. The summed E-state index contributed by atoms with van der Waals surface area (Å²) in [5, 5.41) is 11.0. The summed E-state index contributed by atoms with van der Waals surface area (Å²) in [4.78, 5) is 26.4. The third kappa shape index (κ3) is 5.57. The number of nitrogens with zero attached hydrogens (tertiary/aromatic N) is 4. The molecule has 0 radical (unpaired) electrons. The molecular weight excluding hydrogens is 470 g/mol. The zero-order valence-electron chi connectivity index (χ0n) is 19.6. The molecule has 0 atom stereocenters. The fourth-order valence-corrected chi connectivity index (χ4v) is 5.61. The number of nitrogens with one attached hydrogen (secondary N) is 1. The quantitative estimate of drug-likeness (QED) is 0.498. The minimum Gasteiger partial charge on any atom is -0.451 e. The van der Waals surface area contributed by atoms with E-state index in [9.17, 15) is 18.0 Å². The summed E-state index contributed by atoms with van der Waals surface area (Å²) in [6, 6.07) is 13.8. The Labute approximate surface area is 203 Å². The van der Waals surface area contributed by atoms with Gasteiger partial charge in [-0.25, -0.2) is 13.2 Å². The van der Waals surface area contributed by atoms with Gasteiger partial charge in [0.05, 0.1) is 16.3 Å². The molecule has 3 aromatic rings. The molecule has 0 bridgehead atoms. The monoisotopic (exact) mass is 497 g/mol. The van der Waals surface area contributed by atoms with E-state index in [1.807, 2.05) is 18.2 Å². The second-order valence-corrected chi connectivity index (χ2v) is 10.2. The van der Waals surface area contributed by atoms with Crippen molar-refractivity contribution < 1.29 is 22.7 Å². The maximum atomic E-state index is 13.1. The number of aromatic nitrogens is 3. The first kappa shape index (κ1) is 24.6. The number of carbonyl (C=O) groups is 2. The van der Waals surface area contributed by atoms with E-state index in [1.54, 1.807) is 38.1 Å². The molecule has 2 aromatic carbocycles. The Morgan fingerprint density at radius 3 is 2.43 bits per heavy atom. The largest absolute Gasteiger partial charge is 0.451 e. The molecule has 0 aliphatic carbocycles. The second-order valence-electron chi connectivity index (χ2n) is 8.33. The minimum absolute atomic E-state index is 0.00639. The van der Waals surface area contributed by atoms with E-state index in [0.717, 1.165) is 19.3 Å². The summed E-state index contributed by atoms with van der Waals surface area (Å²) in [5.74, 6) is -1.38. The fourth-order valence-electron chi connectivity index (χ4n) is 3.84. The van der Waals surface area contributed by atoms with E-state index >= 15 is 0 Å². The molecule has 11 heteroatoms. The molecule has 0 saturated carbocycles. The molecular formula is C24H27N5O5S. The molecule has 1 amide bonds. The highest BCUT2D eigenvalue weighted by molar-refractivity contribution is 7.89. The standard InChI is InChI=1S/C24H27N5O5S/c1-17-11-12-19(15-21(17)35(32,33)28-13-7-4-8-14-28)25-22(30)16-34-24(31)23-18(2)26-29(27-23)20-9-5-3-6-10-20/h3,5-6,9-12,15H,4,7-8,13-14,16H2,1-2H3,(H,25,30). The van der Waals surface area contributed by atoms with Gasteiger partial charge in [0.25, 0.3) is 5.91 Å². The summed E-state index contributed by atoms with van der Waals surface area (Å²) >= 11 is 0. The van der Waals surface area contributed by atoms with Crippen molar-refractivity contribution >= 4 is 27.6 Å². The molecule has 1 saturated heterocycles. The third-order valence-electron chi connectivity index (χ3n) is 5.70. The fraction of sp³-hybridized carbons (Fsp3) is 0.333. The second kappa shape index (κ2) is 10.4. The average molecular weight is 498 g/mol. The van der Waals surface area contributed by atoms with Gasteiger partial charge >= 0.3 is 5.97 Å². The Morgan fingerprint density at radius 1 is 1.00 bits per heavy atom. The van der Waals surface area contributed by atoms with Crippen molar-refractivity contribution in [3.63, 3.8) is 0 Å². The number of benzene rings is 2. The number of sulfonamides is 1. The van der Waals surface area contributed by atoms with E-state index in [4.69, 9.17) is 4.74 Å². The van der Waals surface area contributed by atoms with Gasteiger partial charge in [0.1, 0.15) is 0 Å². The number of esters is 1. The van der Waals surface area contributed by atoms with Crippen LogP contribution in [0.25, 0.3) is 5.69 Å². The number of hydrogen-bond acceptors (Lipinski definition) is 7. The molecule has 1 aliphatic heterocycles. The number of rotatable bonds is 7. The van der Waals surface area contributed by atoms with E-state index < -0.39 is 28.5 Å². The highest BCUT2D eigenvalue weighted by Crippen LogP contribution is 2.26. The lowest BCUT2D eigenvalue weighted by molar-refractivity contribution is -0.119. The van der Waals surface area contributed by atoms with Gasteiger partial charge in [0.2, 0.25) is 10.0 Å². The van der Waals surface area contributed by atoms with Crippen molar-refractivity contribution in [3.05, 3.63) is 65.5 Å². The molecule has 1 N–H and O–H groups in total. The van der Waals surface area contributed by atoms with E-state index in [-0.39, 0.29) is 10.6 Å². The van der Waals surface area contributed by atoms with Crippen LogP contribution in [-0.2, 0) is 19.6 Å². The van der Waals surface area contributed by atoms with Gasteiger partial charge in [-0.2, -0.15) is 14.2 Å². The van der Waals surface area contributed by atoms with Crippen LogP contribution in [0.1, 0.15) is 41.0 Å². The maximum Gasteiger partial charge on any atom is 0.361 e. The smallest absolute Gasteiger partial charge is 0.361 e. The van der Waals surface area contributed by atoms with Crippen LogP contribution >= 0.6 is 0 Å². The molecule has 4 rings (SSSR count). The topological polar surface area (TPSA) is 123 Å². The summed E-state index contributed by atoms with van der Waals surface area (Å²) in [6.07, 6.45) is 2.68. The Kier molecular flexibility index (Phi) is 7.27. The molecule has 184 valence electrons. The molecule has 0 unspecified atom stereocenters. The lowest BCUT2D eigenvalue weighted by Crippen LogP contribution is -2.36. The number of amides is 1. The summed E-state index contributed by atoms with van der Waals surface area (Å²) in [6.45, 7) is 3.76. The van der Waals surface area contributed by atoms with Crippen molar-refractivity contribution in [1.82, 2.24) is 19.3 Å². The number of piperidine rings is 1. The van der Waals surface area contributed by atoms with E-state index in [1.165, 1.54) is 15.2 Å². The first-order valence-electron chi connectivity index (χ1n) is 11.3. The van der Waals surface area contributed by atoms with Gasteiger partial charge in [-0.15, -0.1) is 5.10 Å². The lowest BCUT2D eigenvalue weighted by atomic mass is 10.2. The van der Waals surface area contributed by atoms with Gasteiger partial charge in [-0.1, -0.05) is 30.7 Å². The first-order chi connectivity index (χ1) is 16.8. The van der Waals surface area contributed by atoms with Crippen LogP contribution in [0.15, 0.2) is 53.4 Å². The number of carbonyl (C=O) groups excluding carboxylic acids is 2. The SMILES string of the molecule is Cc1ccc(NC(=O)COC(=O)c2nn(-c3ccccc3)nc2C)cc1S(=O)(=O)N1CCCCC1. The average Bonchev–Trinajstić information content (AvgIpc) is 3.26. The molecule has 1 aromatic heterocycles. The van der Waals surface area contributed by atoms with Crippen LogP contribution in [0, 0.1) is 13.8 Å². The van der Waals surface area contributed by atoms with Crippen molar-refractivity contribution in [2.24, 2.45) is 0 Å². The van der Waals surface area contributed by atoms with E-state index in [0.29, 0.717) is 35.7 Å². The molecule has 1 fully saturated rings. The van der Waals surface area contributed by atoms with Crippen LogP contribution in [0.4, 0.5) is 5.69 Å². The third-order valence-corrected chi connectivity index (χ3v) is 7.74. The van der Waals surface area contributed by atoms with Gasteiger partial charge < -0.3 is 10.1 Å². The van der Waals surface area contributed by atoms with Crippen LogP contribution in [0.5, 0.6) is 0 Å². The van der Waals surface area contributed by atoms with Gasteiger partial charge in [0.15, 0.2) is 12.3 Å². The van der Waals surface area contributed by atoms with Crippen molar-refractivity contribution in [2.45, 2.75) is 38.0 Å². The van der Waals surface area contributed by atoms with Gasteiger partial charge in [-0.3, -0.25) is 4.79 Å². The first-order valence-corrected chi connectivity index (χ1v) is 12.8. The normalized spacial score (nSPS) is 14.5. The summed E-state index contributed by atoms with van der Waals surface area (Å²) in [5.41, 5.74) is 1.95. The number of para-hydroxylation sites is 1.